The van der Waals surface area contributed by atoms with Gasteiger partial charge in [-0.2, -0.15) is 13.2 Å². The molecule has 2 rings (SSSR count). The molecule has 104 valence electrons. The van der Waals surface area contributed by atoms with E-state index in [2.05, 4.69) is 5.32 Å². The van der Waals surface area contributed by atoms with Gasteiger partial charge in [0.15, 0.2) is 9.84 Å². The second-order valence-corrected chi connectivity index (χ2v) is 6.27. The average molecular weight is 291 g/mol. The molecule has 1 atom stereocenters. The molecule has 0 fully saturated rings. The third kappa shape index (κ3) is 3.81. The van der Waals surface area contributed by atoms with Crippen molar-refractivity contribution in [1.82, 2.24) is 5.32 Å². The van der Waals surface area contributed by atoms with Crippen LogP contribution in [0.5, 0.6) is 0 Å². The van der Waals surface area contributed by atoms with E-state index < -0.39 is 21.6 Å². The summed E-state index contributed by atoms with van der Waals surface area (Å²) in [7, 11) is -3.12. The van der Waals surface area contributed by atoms with Gasteiger partial charge in [-0.3, -0.25) is 0 Å². The Bertz CT molecular complexity index is 576. The number of nitrogens with one attached hydrogen (secondary N) is 1. The number of hydrogen-bond donors (Lipinski definition) is 1. The number of hydrogen-bond acceptors (Lipinski definition) is 3. The lowest BCUT2D eigenvalue weighted by molar-refractivity contribution is -0.137. The van der Waals surface area contributed by atoms with Crippen molar-refractivity contribution in [2.45, 2.75) is 18.8 Å². The minimum Gasteiger partial charge on any atom is -0.305 e. The van der Waals surface area contributed by atoms with Crippen LogP contribution in [-0.2, 0) is 22.6 Å². The predicted molar refractivity (Wildman–Crippen MR) is 65.0 cm³/mol. The van der Waals surface area contributed by atoms with Gasteiger partial charge in [-0.15, -0.1) is 0 Å². The van der Waals surface area contributed by atoms with E-state index in [1.165, 1.54) is 12.1 Å². The zero-order valence-corrected chi connectivity index (χ0v) is 10.6. The molecular formula is C12H12F3NO2S. The first-order valence-corrected chi connectivity index (χ1v) is 7.28. The van der Waals surface area contributed by atoms with Crippen LogP contribution in [0.2, 0.25) is 0 Å². The smallest absolute Gasteiger partial charge is 0.305 e. The van der Waals surface area contributed by atoms with Gasteiger partial charge in [0.25, 0.3) is 0 Å². The first kappa shape index (κ1) is 14.1. The van der Waals surface area contributed by atoms with Gasteiger partial charge in [0.1, 0.15) is 0 Å². The molecule has 0 bridgehead atoms. The van der Waals surface area contributed by atoms with Crippen molar-refractivity contribution < 1.29 is 21.6 Å². The van der Waals surface area contributed by atoms with Crippen LogP contribution < -0.4 is 5.32 Å². The van der Waals surface area contributed by atoms with E-state index >= 15 is 0 Å². The molecule has 1 aliphatic rings. The Morgan fingerprint density at radius 1 is 1.21 bits per heavy atom. The van der Waals surface area contributed by atoms with E-state index in [0.717, 1.165) is 17.5 Å². The molecule has 1 aromatic rings. The third-order valence-corrected chi connectivity index (χ3v) is 4.18. The van der Waals surface area contributed by atoms with Crippen LogP contribution in [0.15, 0.2) is 35.7 Å². The van der Waals surface area contributed by atoms with E-state index in [9.17, 15) is 21.6 Å². The molecule has 1 N–H and O–H groups in total. The summed E-state index contributed by atoms with van der Waals surface area (Å²) in [5.41, 5.74) is -0.0229. The molecule has 1 aromatic carbocycles. The van der Waals surface area contributed by atoms with E-state index in [4.69, 9.17) is 0 Å². The van der Waals surface area contributed by atoms with E-state index in [1.54, 1.807) is 6.08 Å². The molecule has 7 heteroatoms. The quantitative estimate of drug-likeness (QED) is 0.927. The molecule has 3 nitrogen and oxygen atoms in total. The van der Waals surface area contributed by atoms with Gasteiger partial charge < -0.3 is 5.32 Å². The van der Waals surface area contributed by atoms with Crippen molar-refractivity contribution in [3.05, 3.63) is 46.9 Å². The maximum atomic E-state index is 12.3. The largest absolute Gasteiger partial charge is 0.416 e. The molecule has 0 amide bonds. The normalized spacial score (nSPS) is 21.7. The van der Waals surface area contributed by atoms with Crippen molar-refractivity contribution >= 4 is 9.84 Å². The zero-order chi connectivity index (χ0) is 14.1. The van der Waals surface area contributed by atoms with Crippen molar-refractivity contribution in [2.75, 3.05) is 5.75 Å². The van der Waals surface area contributed by atoms with Crippen LogP contribution in [0.4, 0.5) is 13.2 Å². The van der Waals surface area contributed by atoms with Crippen LogP contribution in [0.3, 0.4) is 0 Å². The highest BCUT2D eigenvalue weighted by molar-refractivity contribution is 7.94. The average Bonchev–Trinajstić information content (AvgIpc) is 2.66. The zero-order valence-electron chi connectivity index (χ0n) is 9.81. The summed E-state index contributed by atoms with van der Waals surface area (Å²) in [5, 5.41) is 4.11. The molecule has 0 aliphatic carbocycles. The molecule has 19 heavy (non-hydrogen) atoms. The van der Waals surface area contributed by atoms with Gasteiger partial charge in [0, 0.05) is 18.0 Å². The second kappa shape index (κ2) is 4.97. The van der Waals surface area contributed by atoms with Crippen molar-refractivity contribution in [1.29, 1.82) is 0 Å². The molecule has 0 aromatic heterocycles. The van der Waals surface area contributed by atoms with Gasteiger partial charge in [0.2, 0.25) is 0 Å². The summed E-state index contributed by atoms with van der Waals surface area (Å²) in [4.78, 5) is 0. The summed E-state index contributed by atoms with van der Waals surface area (Å²) in [5.74, 6) is -0.00631. The number of halogens is 3. The standard InChI is InChI=1S/C12H12F3NO2S/c13-12(14,15)10-3-1-9(2-4-10)7-16-11-5-6-19(17,18)8-11/h1-6,11,16H,7-8H2. The SMILES string of the molecule is O=S1(=O)C=CC(NCc2ccc(C(F)(F)F)cc2)C1. The molecule has 0 saturated carbocycles. The Morgan fingerprint density at radius 2 is 1.84 bits per heavy atom. The van der Waals surface area contributed by atoms with Crippen molar-refractivity contribution in [3.8, 4) is 0 Å². The Balaban J connectivity index is 1.93. The van der Waals surface area contributed by atoms with Gasteiger partial charge in [-0.05, 0) is 17.7 Å². The molecule has 1 unspecified atom stereocenters. The van der Waals surface area contributed by atoms with Gasteiger partial charge >= 0.3 is 6.18 Å². The van der Waals surface area contributed by atoms with Gasteiger partial charge in [-0.25, -0.2) is 8.42 Å². The number of rotatable bonds is 3. The Labute approximate surface area is 109 Å². The number of alkyl halides is 3. The Morgan fingerprint density at radius 3 is 2.32 bits per heavy atom. The molecular weight excluding hydrogens is 279 g/mol. The first-order chi connectivity index (χ1) is 8.76. The minimum absolute atomic E-state index is 0.00631. The number of benzene rings is 1. The maximum Gasteiger partial charge on any atom is 0.416 e. The van der Waals surface area contributed by atoms with Crippen molar-refractivity contribution in [2.24, 2.45) is 0 Å². The summed E-state index contributed by atoms with van der Waals surface area (Å²) in [6.45, 7) is 0.322. The van der Waals surface area contributed by atoms with Crippen LogP contribution >= 0.6 is 0 Å². The summed E-state index contributed by atoms with van der Waals surface area (Å²) in [6, 6.07) is 4.50. The second-order valence-electron chi connectivity index (χ2n) is 4.34. The lowest BCUT2D eigenvalue weighted by Gasteiger charge is -2.11. The fraction of sp³-hybridized carbons (Fsp3) is 0.333. The Hall–Kier alpha value is -1.34. The van der Waals surface area contributed by atoms with E-state index in [1.807, 2.05) is 0 Å². The fourth-order valence-electron chi connectivity index (χ4n) is 1.76. The number of sulfone groups is 1. The lowest BCUT2D eigenvalue weighted by Crippen LogP contribution is -2.29. The first-order valence-electron chi connectivity index (χ1n) is 5.57. The van der Waals surface area contributed by atoms with E-state index in [0.29, 0.717) is 12.1 Å². The molecule has 1 aliphatic heterocycles. The van der Waals surface area contributed by atoms with Crippen molar-refractivity contribution in [3.63, 3.8) is 0 Å². The summed E-state index contributed by atoms with van der Waals surface area (Å²) >= 11 is 0. The summed E-state index contributed by atoms with van der Waals surface area (Å²) < 4.78 is 59.3. The lowest BCUT2D eigenvalue weighted by atomic mass is 10.1. The maximum absolute atomic E-state index is 12.3. The highest BCUT2D eigenvalue weighted by Gasteiger charge is 2.30. The third-order valence-electron chi connectivity index (χ3n) is 2.78. The van der Waals surface area contributed by atoms with Crippen LogP contribution in [0, 0.1) is 0 Å². The van der Waals surface area contributed by atoms with E-state index in [-0.39, 0.29) is 11.8 Å². The van der Waals surface area contributed by atoms with Crippen LogP contribution in [0.1, 0.15) is 11.1 Å². The topological polar surface area (TPSA) is 46.2 Å². The predicted octanol–water partition coefficient (Wildman–Crippen LogP) is 2.11. The monoisotopic (exact) mass is 291 g/mol. The van der Waals surface area contributed by atoms with Crippen LogP contribution in [-0.4, -0.2) is 20.2 Å². The Kier molecular flexibility index (Phi) is 3.69. The van der Waals surface area contributed by atoms with Gasteiger partial charge in [-0.1, -0.05) is 18.2 Å². The summed E-state index contributed by atoms with van der Waals surface area (Å²) in [6.07, 6.45) is -2.80. The highest BCUT2D eigenvalue weighted by atomic mass is 32.2. The molecule has 0 radical (unpaired) electrons. The molecule has 1 heterocycles. The highest BCUT2D eigenvalue weighted by Crippen LogP contribution is 2.29. The van der Waals surface area contributed by atoms with Gasteiger partial charge in [0.05, 0.1) is 11.3 Å². The van der Waals surface area contributed by atoms with Crippen LogP contribution in [0.25, 0.3) is 0 Å². The minimum atomic E-state index is -4.34. The molecule has 0 saturated heterocycles. The molecule has 0 spiro atoms. The fourth-order valence-corrected chi connectivity index (χ4v) is 3.03.